The molecule has 0 aliphatic heterocycles. The summed E-state index contributed by atoms with van der Waals surface area (Å²) in [5.74, 6) is -0.886. The van der Waals surface area contributed by atoms with Gasteiger partial charge in [-0.25, -0.2) is 0 Å². The van der Waals surface area contributed by atoms with Gasteiger partial charge in [-0.3, -0.25) is 14.5 Å². The molecule has 1 amide bonds. The number of amides is 1. The maximum Gasteiger partial charge on any atom is 0.303 e. The van der Waals surface area contributed by atoms with Crippen LogP contribution in [0, 0.1) is 3.57 Å². The van der Waals surface area contributed by atoms with E-state index in [9.17, 15) is 9.59 Å². The summed E-state index contributed by atoms with van der Waals surface area (Å²) in [6.07, 6.45) is 0.672. The number of nitrogens with zero attached hydrogens (tertiary/aromatic N) is 1. The summed E-state index contributed by atoms with van der Waals surface area (Å²) < 4.78 is 1.06. The second kappa shape index (κ2) is 8.99. The highest BCUT2D eigenvalue weighted by atomic mass is 127. The Hall–Kier alpha value is -1.15. The first-order valence-corrected chi connectivity index (χ1v) is 7.97. The van der Waals surface area contributed by atoms with E-state index < -0.39 is 5.97 Å². The fourth-order valence-corrected chi connectivity index (χ4v) is 2.45. The highest BCUT2D eigenvalue weighted by Crippen LogP contribution is 2.12. The van der Waals surface area contributed by atoms with E-state index in [1.165, 1.54) is 0 Å². The van der Waals surface area contributed by atoms with E-state index in [4.69, 9.17) is 5.11 Å². The Morgan fingerprint density at radius 3 is 2.67 bits per heavy atom. The van der Waals surface area contributed by atoms with Crippen molar-refractivity contribution >= 4 is 40.2 Å². The zero-order chi connectivity index (χ0) is 15.8. The maximum atomic E-state index is 12.1. The minimum atomic E-state index is -0.804. The predicted molar refractivity (Wildman–Crippen MR) is 91.4 cm³/mol. The molecular weight excluding hydrogens is 383 g/mol. The van der Waals surface area contributed by atoms with Gasteiger partial charge in [0.25, 0.3) is 0 Å². The van der Waals surface area contributed by atoms with Crippen LogP contribution in [0.3, 0.4) is 0 Å². The van der Waals surface area contributed by atoms with Crippen molar-refractivity contribution in [1.29, 1.82) is 0 Å². The second-order valence-electron chi connectivity index (χ2n) is 5.12. The Bertz CT molecular complexity index is 492. The zero-order valence-electron chi connectivity index (χ0n) is 12.3. The van der Waals surface area contributed by atoms with Gasteiger partial charge in [-0.05, 0) is 67.6 Å². The van der Waals surface area contributed by atoms with Gasteiger partial charge in [0.05, 0.1) is 6.54 Å². The highest BCUT2D eigenvalue weighted by molar-refractivity contribution is 14.1. The van der Waals surface area contributed by atoms with Crippen molar-refractivity contribution in [2.24, 2.45) is 0 Å². The topological polar surface area (TPSA) is 69.6 Å². The van der Waals surface area contributed by atoms with Gasteiger partial charge < -0.3 is 10.4 Å². The van der Waals surface area contributed by atoms with E-state index in [0.717, 1.165) is 9.26 Å². The second-order valence-corrected chi connectivity index (χ2v) is 6.37. The SMILES string of the molecule is CC(C)N(CCCC(=O)O)CC(=O)Nc1cccc(I)c1. The minimum Gasteiger partial charge on any atom is -0.481 e. The van der Waals surface area contributed by atoms with Crippen LogP contribution in [0.25, 0.3) is 0 Å². The molecule has 0 unspecified atom stereocenters. The number of nitrogens with one attached hydrogen (secondary N) is 1. The lowest BCUT2D eigenvalue weighted by Crippen LogP contribution is -2.38. The monoisotopic (exact) mass is 404 g/mol. The standard InChI is InChI=1S/C15H21IN2O3/c1-11(2)18(8-4-7-15(20)21)10-14(19)17-13-6-3-5-12(16)9-13/h3,5-6,9,11H,4,7-8,10H2,1-2H3,(H,17,19)(H,20,21). The van der Waals surface area contributed by atoms with E-state index in [1.54, 1.807) is 0 Å². The molecule has 1 rings (SSSR count). The number of carboxylic acid groups (broad SMARTS) is 1. The minimum absolute atomic E-state index is 0.0824. The van der Waals surface area contributed by atoms with E-state index >= 15 is 0 Å². The van der Waals surface area contributed by atoms with Crippen molar-refractivity contribution in [2.75, 3.05) is 18.4 Å². The number of rotatable bonds is 8. The zero-order valence-corrected chi connectivity index (χ0v) is 14.5. The lowest BCUT2D eigenvalue weighted by atomic mass is 10.2. The molecule has 0 aliphatic rings. The molecule has 2 N–H and O–H groups in total. The molecule has 6 heteroatoms. The molecule has 0 fully saturated rings. The first-order valence-electron chi connectivity index (χ1n) is 6.89. The maximum absolute atomic E-state index is 12.1. The number of aliphatic carboxylic acids is 1. The van der Waals surface area contributed by atoms with Crippen LogP contribution >= 0.6 is 22.6 Å². The smallest absolute Gasteiger partial charge is 0.303 e. The molecule has 0 saturated heterocycles. The van der Waals surface area contributed by atoms with Crippen LogP contribution in [0.15, 0.2) is 24.3 Å². The van der Waals surface area contributed by atoms with Crippen LogP contribution in [0.5, 0.6) is 0 Å². The van der Waals surface area contributed by atoms with Crippen LogP contribution in [-0.4, -0.2) is 41.0 Å². The number of halogens is 1. The molecule has 0 radical (unpaired) electrons. The molecule has 0 saturated carbocycles. The third-order valence-corrected chi connectivity index (χ3v) is 3.69. The normalized spacial score (nSPS) is 10.9. The molecule has 0 aliphatic carbocycles. The fraction of sp³-hybridized carbons (Fsp3) is 0.467. The summed E-state index contributed by atoms with van der Waals surface area (Å²) in [7, 11) is 0. The van der Waals surface area contributed by atoms with Crippen LogP contribution in [0.2, 0.25) is 0 Å². The van der Waals surface area contributed by atoms with Crippen LogP contribution < -0.4 is 5.32 Å². The molecule has 0 aromatic heterocycles. The van der Waals surface area contributed by atoms with Gasteiger partial charge in [0.15, 0.2) is 0 Å². The molecule has 0 bridgehead atoms. The number of carbonyl (C=O) groups excluding carboxylic acids is 1. The molecule has 0 atom stereocenters. The average molecular weight is 404 g/mol. The Kier molecular flexibility index (Phi) is 7.66. The Morgan fingerprint density at radius 2 is 2.10 bits per heavy atom. The molecule has 21 heavy (non-hydrogen) atoms. The summed E-state index contributed by atoms with van der Waals surface area (Å²) in [6.45, 7) is 4.87. The van der Waals surface area contributed by atoms with E-state index in [1.807, 2.05) is 43.0 Å². The van der Waals surface area contributed by atoms with Crippen LogP contribution in [0.1, 0.15) is 26.7 Å². The number of anilines is 1. The third kappa shape index (κ3) is 7.42. The lowest BCUT2D eigenvalue weighted by Gasteiger charge is -2.25. The fourth-order valence-electron chi connectivity index (χ4n) is 1.90. The van der Waals surface area contributed by atoms with E-state index in [2.05, 4.69) is 27.9 Å². The van der Waals surface area contributed by atoms with Gasteiger partial charge in [-0.2, -0.15) is 0 Å². The number of carboxylic acids is 1. The molecular formula is C15H21IN2O3. The summed E-state index contributed by atoms with van der Waals surface area (Å²) in [6, 6.07) is 7.81. The van der Waals surface area contributed by atoms with Crippen molar-refractivity contribution in [3.05, 3.63) is 27.8 Å². The molecule has 0 spiro atoms. The molecule has 1 aromatic rings. The number of carbonyl (C=O) groups is 2. The van der Waals surface area contributed by atoms with Crippen molar-refractivity contribution in [3.8, 4) is 0 Å². The molecule has 116 valence electrons. The quantitative estimate of drug-likeness (QED) is 0.654. The number of benzene rings is 1. The van der Waals surface area contributed by atoms with Crippen LogP contribution in [-0.2, 0) is 9.59 Å². The largest absolute Gasteiger partial charge is 0.481 e. The first-order chi connectivity index (χ1) is 9.88. The molecule has 0 heterocycles. The first kappa shape index (κ1) is 17.9. The highest BCUT2D eigenvalue weighted by Gasteiger charge is 2.14. The van der Waals surface area contributed by atoms with Gasteiger partial charge in [0.1, 0.15) is 0 Å². The Balaban J connectivity index is 2.50. The van der Waals surface area contributed by atoms with E-state index in [-0.39, 0.29) is 24.9 Å². The van der Waals surface area contributed by atoms with Crippen molar-refractivity contribution in [3.63, 3.8) is 0 Å². The average Bonchev–Trinajstić information content (AvgIpc) is 2.36. The predicted octanol–water partition coefficient (Wildman–Crippen LogP) is 2.80. The van der Waals surface area contributed by atoms with Crippen molar-refractivity contribution in [2.45, 2.75) is 32.7 Å². The summed E-state index contributed by atoms with van der Waals surface area (Å²) >= 11 is 2.20. The third-order valence-electron chi connectivity index (χ3n) is 3.02. The summed E-state index contributed by atoms with van der Waals surface area (Å²) in [5, 5.41) is 11.5. The molecule has 1 aromatic carbocycles. The van der Waals surface area contributed by atoms with E-state index in [0.29, 0.717) is 13.0 Å². The van der Waals surface area contributed by atoms with Gasteiger partial charge in [-0.15, -0.1) is 0 Å². The Labute approximate surface area is 138 Å². The summed E-state index contributed by atoms with van der Waals surface area (Å²) in [4.78, 5) is 24.6. The Morgan fingerprint density at radius 1 is 1.38 bits per heavy atom. The van der Waals surface area contributed by atoms with Crippen LogP contribution in [0.4, 0.5) is 5.69 Å². The van der Waals surface area contributed by atoms with Gasteiger partial charge in [-0.1, -0.05) is 6.07 Å². The lowest BCUT2D eigenvalue weighted by molar-refractivity contribution is -0.137. The van der Waals surface area contributed by atoms with Crippen molar-refractivity contribution < 1.29 is 14.7 Å². The number of hydrogen-bond acceptors (Lipinski definition) is 3. The van der Waals surface area contributed by atoms with Gasteiger partial charge in [0.2, 0.25) is 5.91 Å². The molecule has 5 nitrogen and oxygen atoms in total. The van der Waals surface area contributed by atoms with Gasteiger partial charge >= 0.3 is 5.97 Å². The van der Waals surface area contributed by atoms with Gasteiger partial charge in [0, 0.05) is 21.7 Å². The van der Waals surface area contributed by atoms with Crippen molar-refractivity contribution in [1.82, 2.24) is 4.90 Å². The number of hydrogen-bond donors (Lipinski definition) is 2. The summed E-state index contributed by atoms with van der Waals surface area (Å²) in [5.41, 5.74) is 0.779.